The molecule has 0 bridgehead atoms. The van der Waals surface area contributed by atoms with Crippen LogP contribution >= 0.6 is 0 Å². The summed E-state index contributed by atoms with van der Waals surface area (Å²) in [4.78, 5) is 13.5. The van der Waals surface area contributed by atoms with E-state index >= 15 is 0 Å². The fourth-order valence-corrected chi connectivity index (χ4v) is 3.36. The van der Waals surface area contributed by atoms with E-state index in [0.29, 0.717) is 5.82 Å². The molecule has 0 unspecified atom stereocenters. The monoisotopic (exact) mass is 363 g/mol. The maximum atomic E-state index is 5.92. The molecular weight excluding hydrogens is 338 g/mol. The molecule has 0 aliphatic carbocycles. The lowest BCUT2D eigenvalue weighted by atomic mass is 10.2. The number of hydrogen-bond donors (Lipinski definition) is 1. The van der Waals surface area contributed by atoms with Crippen molar-refractivity contribution in [1.82, 2.24) is 24.6 Å². The summed E-state index contributed by atoms with van der Waals surface area (Å²) >= 11 is 0. The number of benzene rings is 1. The SMILES string of the molecule is Cc1ccccc1-n1cc(CN2CCN(c3ncc(C)c(N)n3)CC2)cn1. The van der Waals surface area contributed by atoms with Crippen LogP contribution in [-0.2, 0) is 6.54 Å². The third-order valence-electron chi connectivity index (χ3n) is 5.06. The Hall–Kier alpha value is -2.93. The Morgan fingerprint density at radius 2 is 1.78 bits per heavy atom. The highest BCUT2D eigenvalue weighted by molar-refractivity contribution is 5.43. The van der Waals surface area contributed by atoms with E-state index in [2.05, 4.69) is 50.1 Å². The van der Waals surface area contributed by atoms with Crippen molar-refractivity contribution >= 4 is 11.8 Å². The van der Waals surface area contributed by atoms with Gasteiger partial charge < -0.3 is 10.6 Å². The van der Waals surface area contributed by atoms with Gasteiger partial charge in [0, 0.05) is 56.2 Å². The zero-order chi connectivity index (χ0) is 18.8. The van der Waals surface area contributed by atoms with Gasteiger partial charge in [0.05, 0.1) is 11.9 Å². The summed E-state index contributed by atoms with van der Waals surface area (Å²) in [5, 5.41) is 4.54. The van der Waals surface area contributed by atoms with Crippen molar-refractivity contribution in [2.75, 3.05) is 36.8 Å². The number of aromatic nitrogens is 4. The second-order valence-electron chi connectivity index (χ2n) is 7.08. The molecule has 1 aliphatic heterocycles. The molecule has 1 aliphatic rings. The van der Waals surface area contributed by atoms with Crippen LogP contribution in [0.5, 0.6) is 0 Å². The van der Waals surface area contributed by atoms with E-state index in [1.807, 2.05) is 29.9 Å². The van der Waals surface area contributed by atoms with Gasteiger partial charge in [-0.3, -0.25) is 4.90 Å². The molecule has 1 saturated heterocycles. The molecule has 4 rings (SSSR count). The standard InChI is InChI=1S/C20H25N7/c1-15-5-3-4-6-18(15)27-14-17(12-23-27)13-25-7-9-26(10-8-25)20-22-11-16(2)19(21)24-20/h3-6,11-12,14H,7-10,13H2,1-2H3,(H2,21,22,24). The summed E-state index contributed by atoms with van der Waals surface area (Å²) in [6, 6.07) is 8.30. The second kappa shape index (κ2) is 7.36. The van der Waals surface area contributed by atoms with Crippen LogP contribution in [0.3, 0.4) is 0 Å². The van der Waals surface area contributed by atoms with Crippen molar-refractivity contribution in [3.05, 3.63) is 59.5 Å². The third kappa shape index (κ3) is 3.78. The highest BCUT2D eigenvalue weighted by Gasteiger charge is 2.20. The van der Waals surface area contributed by atoms with Crippen LogP contribution in [0, 0.1) is 13.8 Å². The van der Waals surface area contributed by atoms with Crippen LogP contribution in [0.2, 0.25) is 0 Å². The highest BCUT2D eigenvalue weighted by Crippen LogP contribution is 2.17. The predicted molar refractivity (Wildman–Crippen MR) is 107 cm³/mol. The van der Waals surface area contributed by atoms with Crippen molar-refractivity contribution in [2.24, 2.45) is 0 Å². The smallest absolute Gasteiger partial charge is 0.227 e. The summed E-state index contributed by atoms with van der Waals surface area (Å²) in [5.41, 5.74) is 10.4. The van der Waals surface area contributed by atoms with Gasteiger partial charge in [0.2, 0.25) is 5.95 Å². The molecule has 0 spiro atoms. The molecule has 0 amide bonds. The normalized spacial score (nSPS) is 15.3. The maximum Gasteiger partial charge on any atom is 0.227 e. The maximum absolute atomic E-state index is 5.92. The molecule has 0 saturated carbocycles. The minimum atomic E-state index is 0.561. The Labute approximate surface area is 159 Å². The van der Waals surface area contributed by atoms with E-state index in [0.717, 1.165) is 49.9 Å². The molecule has 2 N–H and O–H groups in total. The number of anilines is 2. The van der Waals surface area contributed by atoms with Gasteiger partial charge >= 0.3 is 0 Å². The topological polar surface area (TPSA) is 76.1 Å². The first-order valence-corrected chi connectivity index (χ1v) is 9.26. The van der Waals surface area contributed by atoms with Gasteiger partial charge in [0.15, 0.2) is 0 Å². The van der Waals surface area contributed by atoms with Crippen LogP contribution < -0.4 is 10.6 Å². The van der Waals surface area contributed by atoms with Crippen molar-refractivity contribution < 1.29 is 0 Å². The first kappa shape index (κ1) is 17.5. The van der Waals surface area contributed by atoms with Crippen molar-refractivity contribution in [1.29, 1.82) is 0 Å². The molecule has 27 heavy (non-hydrogen) atoms. The number of nitrogens with two attached hydrogens (primary N) is 1. The zero-order valence-electron chi connectivity index (χ0n) is 15.8. The summed E-state index contributed by atoms with van der Waals surface area (Å²) in [6.45, 7) is 8.66. The van der Waals surface area contributed by atoms with Gasteiger partial charge in [-0.15, -0.1) is 0 Å². The summed E-state index contributed by atoms with van der Waals surface area (Å²) in [5.74, 6) is 1.29. The van der Waals surface area contributed by atoms with Crippen LogP contribution in [-0.4, -0.2) is 50.8 Å². The molecule has 2 aromatic heterocycles. The van der Waals surface area contributed by atoms with Crippen LogP contribution in [0.4, 0.5) is 11.8 Å². The van der Waals surface area contributed by atoms with Crippen LogP contribution in [0.1, 0.15) is 16.7 Å². The number of piperazine rings is 1. The van der Waals surface area contributed by atoms with Gasteiger partial charge in [0.25, 0.3) is 0 Å². The number of aryl methyl sites for hydroxylation is 2. The fourth-order valence-electron chi connectivity index (χ4n) is 3.36. The number of rotatable bonds is 4. The van der Waals surface area contributed by atoms with Crippen molar-refractivity contribution in [3.63, 3.8) is 0 Å². The van der Waals surface area contributed by atoms with E-state index in [9.17, 15) is 0 Å². The first-order chi connectivity index (χ1) is 13.1. The zero-order valence-corrected chi connectivity index (χ0v) is 15.8. The minimum absolute atomic E-state index is 0.561. The molecule has 140 valence electrons. The average molecular weight is 363 g/mol. The molecule has 0 radical (unpaired) electrons. The Kier molecular flexibility index (Phi) is 4.77. The van der Waals surface area contributed by atoms with Crippen molar-refractivity contribution in [3.8, 4) is 5.69 Å². The lowest BCUT2D eigenvalue weighted by molar-refractivity contribution is 0.248. The lowest BCUT2D eigenvalue weighted by Crippen LogP contribution is -2.46. The minimum Gasteiger partial charge on any atom is -0.383 e. The lowest BCUT2D eigenvalue weighted by Gasteiger charge is -2.34. The van der Waals surface area contributed by atoms with Crippen LogP contribution in [0.15, 0.2) is 42.9 Å². The summed E-state index contributed by atoms with van der Waals surface area (Å²) < 4.78 is 1.96. The van der Waals surface area contributed by atoms with Gasteiger partial charge in [-0.05, 0) is 25.5 Å². The number of hydrogen-bond acceptors (Lipinski definition) is 6. The van der Waals surface area contributed by atoms with Crippen LogP contribution in [0.25, 0.3) is 5.69 Å². The van der Waals surface area contributed by atoms with Gasteiger partial charge in [-0.2, -0.15) is 10.1 Å². The Morgan fingerprint density at radius 3 is 2.52 bits per heavy atom. The van der Waals surface area contributed by atoms with E-state index in [4.69, 9.17) is 5.73 Å². The number of para-hydroxylation sites is 1. The molecule has 7 heteroatoms. The third-order valence-corrected chi connectivity index (χ3v) is 5.06. The Morgan fingerprint density at radius 1 is 1.00 bits per heavy atom. The fraction of sp³-hybridized carbons (Fsp3) is 0.350. The first-order valence-electron chi connectivity index (χ1n) is 9.26. The summed E-state index contributed by atoms with van der Waals surface area (Å²) in [6.07, 6.45) is 5.88. The molecule has 1 aromatic carbocycles. The number of nitrogen functional groups attached to an aromatic ring is 1. The van der Waals surface area contributed by atoms with E-state index in [1.54, 1.807) is 6.20 Å². The molecule has 0 atom stereocenters. The molecule has 3 heterocycles. The van der Waals surface area contributed by atoms with Crippen molar-refractivity contribution in [2.45, 2.75) is 20.4 Å². The van der Waals surface area contributed by atoms with Gasteiger partial charge in [-0.1, -0.05) is 18.2 Å². The second-order valence-corrected chi connectivity index (χ2v) is 7.08. The quantitative estimate of drug-likeness (QED) is 0.766. The highest BCUT2D eigenvalue weighted by atomic mass is 15.3. The number of nitrogens with zero attached hydrogens (tertiary/aromatic N) is 6. The molecule has 7 nitrogen and oxygen atoms in total. The summed E-state index contributed by atoms with van der Waals surface area (Å²) in [7, 11) is 0. The molecular formula is C20H25N7. The Balaban J connectivity index is 1.37. The van der Waals surface area contributed by atoms with E-state index in [1.165, 1.54) is 11.1 Å². The Bertz CT molecular complexity index is 926. The average Bonchev–Trinajstić information content (AvgIpc) is 3.13. The molecule has 1 fully saturated rings. The largest absolute Gasteiger partial charge is 0.383 e. The van der Waals surface area contributed by atoms with Gasteiger partial charge in [0.1, 0.15) is 5.82 Å². The van der Waals surface area contributed by atoms with E-state index < -0.39 is 0 Å². The molecule has 3 aromatic rings. The van der Waals surface area contributed by atoms with E-state index in [-0.39, 0.29) is 0 Å². The van der Waals surface area contributed by atoms with Gasteiger partial charge in [-0.25, -0.2) is 9.67 Å². The predicted octanol–water partition coefficient (Wildman–Crippen LogP) is 2.18.